The third-order valence-electron chi connectivity index (χ3n) is 2.33. The molecule has 0 spiro atoms. The lowest BCUT2D eigenvalue weighted by atomic mass is 10.1. The summed E-state index contributed by atoms with van der Waals surface area (Å²) in [6.07, 6.45) is 3.31. The van der Waals surface area contributed by atoms with Gasteiger partial charge in [-0.3, -0.25) is 10.1 Å². The van der Waals surface area contributed by atoms with Crippen LogP contribution in [0.2, 0.25) is 0 Å². The molecule has 1 aromatic carbocycles. The molecule has 0 aliphatic heterocycles. The second-order valence-corrected chi connectivity index (χ2v) is 3.62. The van der Waals surface area contributed by atoms with Crippen molar-refractivity contribution in [1.82, 2.24) is 0 Å². The zero-order chi connectivity index (χ0) is 14.3. The lowest BCUT2D eigenvalue weighted by Crippen LogP contribution is -1.99. The number of nitro benzene ring substituents is 1. The molecule has 1 rings (SSSR count). The second kappa shape index (κ2) is 7.15. The van der Waals surface area contributed by atoms with E-state index in [-0.39, 0.29) is 11.4 Å². The van der Waals surface area contributed by atoms with E-state index in [0.717, 1.165) is 0 Å². The van der Waals surface area contributed by atoms with Gasteiger partial charge in [-0.15, -0.1) is 0 Å². The van der Waals surface area contributed by atoms with Crippen LogP contribution >= 0.6 is 0 Å². The zero-order valence-corrected chi connectivity index (χ0v) is 10.8. The fraction of sp³-hybridized carbons (Fsp3) is 0.308. The van der Waals surface area contributed by atoms with Gasteiger partial charge in [-0.1, -0.05) is 12.1 Å². The largest absolute Gasteiger partial charge is 0.490 e. The number of methoxy groups -OCH3 is 1. The Balaban J connectivity index is 2.77. The van der Waals surface area contributed by atoms with E-state index < -0.39 is 10.9 Å². The smallest absolute Gasteiger partial charge is 0.330 e. The van der Waals surface area contributed by atoms with E-state index in [1.54, 1.807) is 19.1 Å². The monoisotopic (exact) mass is 265 g/mol. The summed E-state index contributed by atoms with van der Waals surface area (Å²) in [5, 5.41) is 10.8. The average molecular weight is 265 g/mol. The molecule has 0 N–H and O–H groups in total. The summed E-state index contributed by atoms with van der Waals surface area (Å²) in [7, 11) is 1.38. The Labute approximate surface area is 110 Å². The Kier molecular flexibility index (Phi) is 5.53. The van der Waals surface area contributed by atoms with Gasteiger partial charge >= 0.3 is 11.7 Å². The maximum Gasteiger partial charge on any atom is 0.330 e. The molecule has 0 saturated heterocycles. The molecule has 0 aliphatic rings. The van der Waals surface area contributed by atoms with Crippen molar-refractivity contribution in [1.29, 1.82) is 0 Å². The van der Waals surface area contributed by atoms with Crippen molar-refractivity contribution >= 4 is 11.7 Å². The van der Waals surface area contributed by atoms with Crippen LogP contribution in [-0.2, 0) is 16.0 Å². The Morgan fingerprint density at radius 1 is 1.47 bits per heavy atom. The molecule has 6 heteroatoms. The predicted octanol–water partition coefficient (Wildman–Crippen LogP) is 2.27. The summed E-state index contributed by atoms with van der Waals surface area (Å²) >= 11 is 0. The number of hydrogen-bond donors (Lipinski definition) is 0. The van der Waals surface area contributed by atoms with Crippen molar-refractivity contribution in [2.75, 3.05) is 13.7 Å². The van der Waals surface area contributed by atoms with Gasteiger partial charge in [-0.05, 0) is 25.0 Å². The van der Waals surface area contributed by atoms with Crippen molar-refractivity contribution in [2.45, 2.75) is 13.3 Å². The van der Waals surface area contributed by atoms with E-state index in [0.29, 0.717) is 18.6 Å². The van der Waals surface area contributed by atoms with Gasteiger partial charge in [0.05, 0.1) is 18.6 Å². The van der Waals surface area contributed by atoms with E-state index in [2.05, 4.69) is 0 Å². The zero-order valence-electron chi connectivity index (χ0n) is 10.8. The van der Waals surface area contributed by atoms with Crippen molar-refractivity contribution < 1.29 is 19.2 Å². The molecule has 0 fully saturated rings. The Morgan fingerprint density at radius 3 is 2.79 bits per heavy atom. The van der Waals surface area contributed by atoms with E-state index in [1.807, 2.05) is 0 Å². The first-order valence-electron chi connectivity index (χ1n) is 5.73. The number of esters is 1. The Morgan fingerprint density at radius 2 is 2.21 bits per heavy atom. The molecule has 0 bridgehead atoms. The highest BCUT2D eigenvalue weighted by atomic mass is 16.6. The normalized spacial score (nSPS) is 10.4. The minimum Gasteiger partial charge on any atom is -0.490 e. The molecule has 0 unspecified atom stereocenters. The molecular formula is C13H15NO5. The maximum absolute atomic E-state index is 11.1. The van der Waals surface area contributed by atoms with Gasteiger partial charge < -0.3 is 9.47 Å². The standard InChI is InChI=1S/C13H15NO5/c1-3-19-13(15)6-4-5-10-7-8-12(18-2)11(9-10)14(16)17/h4,6-9H,3,5H2,1-2H3. The third-order valence-corrected chi connectivity index (χ3v) is 2.33. The molecule has 6 nitrogen and oxygen atoms in total. The van der Waals surface area contributed by atoms with Gasteiger partial charge in [-0.2, -0.15) is 0 Å². The van der Waals surface area contributed by atoms with Crippen LogP contribution in [0.25, 0.3) is 0 Å². The van der Waals surface area contributed by atoms with E-state index in [4.69, 9.17) is 9.47 Å². The summed E-state index contributed by atoms with van der Waals surface area (Å²) in [5.74, 6) is -0.214. The molecule has 0 amide bonds. The van der Waals surface area contributed by atoms with Crippen molar-refractivity contribution in [3.8, 4) is 5.75 Å². The van der Waals surface area contributed by atoms with E-state index in [1.165, 1.54) is 25.3 Å². The van der Waals surface area contributed by atoms with Crippen molar-refractivity contribution in [3.63, 3.8) is 0 Å². The minimum absolute atomic E-state index is 0.0930. The number of ether oxygens (including phenoxy) is 2. The summed E-state index contributed by atoms with van der Waals surface area (Å²) in [5.41, 5.74) is 0.623. The highest BCUT2D eigenvalue weighted by Crippen LogP contribution is 2.27. The van der Waals surface area contributed by atoms with Gasteiger partial charge in [0.1, 0.15) is 0 Å². The van der Waals surface area contributed by atoms with Gasteiger partial charge in [0, 0.05) is 12.1 Å². The molecule has 102 valence electrons. The SMILES string of the molecule is CCOC(=O)C=CCc1ccc(OC)c([N+](=O)[O-])c1. The number of nitro groups is 1. The first-order valence-corrected chi connectivity index (χ1v) is 5.73. The van der Waals surface area contributed by atoms with Gasteiger partial charge in [0.2, 0.25) is 0 Å². The molecule has 0 saturated carbocycles. The number of nitrogens with zero attached hydrogens (tertiary/aromatic N) is 1. The van der Waals surface area contributed by atoms with E-state index in [9.17, 15) is 14.9 Å². The Bertz CT molecular complexity index is 496. The minimum atomic E-state index is -0.503. The highest BCUT2D eigenvalue weighted by Gasteiger charge is 2.14. The van der Waals surface area contributed by atoms with Crippen LogP contribution in [0.1, 0.15) is 12.5 Å². The van der Waals surface area contributed by atoms with Crippen LogP contribution in [-0.4, -0.2) is 24.6 Å². The molecule has 0 aromatic heterocycles. The van der Waals surface area contributed by atoms with Crippen LogP contribution < -0.4 is 4.74 Å². The fourth-order valence-corrected chi connectivity index (χ4v) is 1.49. The third kappa shape index (κ3) is 4.42. The first kappa shape index (κ1) is 14.7. The number of carbonyl (C=O) groups excluding carboxylic acids is 1. The lowest BCUT2D eigenvalue weighted by Gasteiger charge is -2.03. The number of carbonyl (C=O) groups is 1. The van der Waals surface area contributed by atoms with Crippen LogP contribution in [0.5, 0.6) is 5.75 Å². The van der Waals surface area contributed by atoms with Gasteiger partial charge in [-0.25, -0.2) is 4.79 Å². The number of benzene rings is 1. The maximum atomic E-state index is 11.1. The number of allylic oxidation sites excluding steroid dienone is 1. The second-order valence-electron chi connectivity index (χ2n) is 3.62. The molecule has 0 aliphatic carbocycles. The summed E-state index contributed by atoms with van der Waals surface area (Å²) < 4.78 is 9.63. The summed E-state index contributed by atoms with van der Waals surface area (Å²) in [4.78, 5) is 21.4. The van der Waals surface area contributed by atoms with Crippen LogP contribution in [0, 0.1) is 10.1 Å². The molecule has 0 atom stereocenters. The molecule has 1 aromatic rings. The van der Waals surface area contributed by atoms with E-state index >= 15 is 0 Å². The lowest BCUT2D eigenvalue weighted by molar-refractivity contribution is -0.385. The molecule has 0 radical (unpaired) electrons. The first-order chi connectivity index (χ1) is 9.08. The fourth-order valence-electron chi connectivity index (χ4n) is 1.49. The van der Waals surface area contributed by atoms with Crippen molar-refractivity contribution in [3.05, 3.63) is 46.0 Å². The molecule has 19 heavy (non-hydrogen) atoms. The van der Waals surface area contributed by atoms with Crippen LogP contribution in [0.15, 0.2) is 30.4 Å². The topological polar surface area (TPSA) is 78.7 Å². The van der Waals surface area contributed by atoms with Crippen molar-refractivity contribution in [2.24, 2.45) is 0 Å². The quantitative estimate of drug-likeness (QED) is 0.341. The highest BCUT2D eigenvalue weighted by molar-refractivity contribution is 5.81. The number of hydrogen-bond acceptors (Lipinski definition) is 5. The van der Waals surface area contributed by atoms with Crippen LogP contribution in [0.3, 0.4) is 0 Å². The summed E-state index contributed by atoms with van der Waals surface area (Å²) in [6, 6.07) is 4.67. The number of rotatable bonds is 6. The molecular weight excluding hydrogens is 250 g/mol. The van der Waals surface area contributed by atoms with Gasteiger partial charge in [0.25, 0.3) is 0 Å². The average Bonchev–Trinajstić information content (AvgIpc) is 2.38. The predicted molar refractivity (Wildman–Crippen MR) is 69.1 cm³/mol. The van der Waals surface area contributed by atoms with Gasteiger partial charge in [0.15, 0.2) is 5.75 Å². The Hall–Kier alpha value is -2.37. The molecule has 0 heterocycles. The van der Waals surface area contributed by atoms with Crippen LogP contribution in [0.4, 0.5) is 5.69 Å². The summed E-state index contributed by atoms with van der Waals surface area (Å²) in [6.45, 7) is 2.04.